The van der Waals surface area contributed by atoms with Gasteiger partial charge in [-0.25, -0.2) is 0 Å². The van der Waals surface area contributed by atoms with Gasteiger partial charge in [0.1, 0.15) is 0 Å². The third-order valence-corrected chi connectivity index (χ3v) is 1.30. The van der Waals surface area contributed by atoms with Gasteiger partial charge in [0.15, 0.2) is 0 Å². The molecule has 0 aliphatic carbocycles. The Kier molecular flexibility index (Phi) is 4.63. The molecular formula is C7H12Br2NO. The lowest BCUT2D eigenvalue weighted by atomic mass is 10.1. The number of carbonyl (C=O) groups excluding carboxylic acids is 1. The Morgan fingerprint density at radius 1 is 1.45 bits per heavy atom. The molecule has 0 fully saturated rings. The lowest BCUT2D eigenvalue weighted by Gasteiger charge is -2.20. The van der Waals surface area contributed by atoms with Gasteiger partial charge in [-0.1, -0.05) is 31.9 Å². The van der Waals surface area contributed by atoms with Crippen LogP contribution in [-0.2, 0) is 4.79 Å². The van der Waals surface area contributed by atoms with Crippen LogP contribution >= 0.6 is 31.9 Å². The fraction of sp³-hybridized carbons (Fsp3) is 0.714. The highest BCUT2D eigenvalue weighted by Crippen LogP contribution is 2.11. The zero-order valence-electron chi connectivity index (χ0n) is 6.82. The molecular weight excluding hydrogens is 274 g/mol. The van der Waals surface area contributed by atoms with Crippen molar-refractivity contribution in [3.63, 3.8) is 0 Å². The maximum absolute atomic E-state index is 11.0. The molecule has 0 aliphatic heterocycles. The quantitative estimate of drug-likeness (QED) is 0.775. The molecule has 0 unspecified atom stereocenters. The zero-order chi connectivity index (χ0) is 9.07. The van der Waals surface area contributed by atoms with Crippen LogP contribution in [0.25, 0.3) is 0 Å². The maximum Gasteiger partial charge on any atom is 0.226 e. The predicted octanol–water partition coefficient (Wildman–Crippen LogP) is 2.22. The van der Waals surface area contributed by atoms with Gasteiger partial charge >= 0.3 is 0 Å². The third-order valence-electron chi connectivity index (χ3n) is 0.776. The first-order valence-electron chi connectivity index (χ1n) is 3.26. The molecule has 2 nitrogen and oxygen atoms in total. The number of carbonyl (C=O) groups is 1. The topological polar surface area (TPSA) is 29.1 Å². The molecule has 0 rings (SSSR count). The van der Waals surface area contributed by atoms with Crippen molar-refractivity contribution in [2.75, 3.05) is 0 Å². The van der Waals surface area contributed by atoms with Gasteiger partial charge in [-0.2, -0.15) is 0 Å². The van der Waals surface area contributed by atoms with Gasteiger partial charge in [0.25, 0.3) is 0 Å². The molecule has 0 aliphatic rings. The minimum absolute atomic E-state index is 0.0580. The highest BCUT2D eigenvalue weighted by Gasteiger charge is 2.15. The van der Waals surface area contributed by atoms with E-state index in [1.807, 2.05) is 20.8 Å². The van der Waals surface area contributed by atoms with Gasteiger partial charge in [-0.05, 0) is 20.8 Å². The van der Waals surface area contributed by atoms with E-state index >= 15 is 0 Å². The Balaban J connectivity index is 3.71. The van der Waals surface area contributed by atoms with Gasteiger partial charge < -0.3 is 5.32 Å². The number of alkyl halides is 2. The highest BCUT2D eigenvalue weighted by molar-refractivity contribution is 9.24. The summed E-state index contributed by atoms with van der Waals surface area (Å²) in [6, 6.07) is 0. The van der Waals surface area contributed by atoms with Crippen molar-refractivity contribution >= 4 is 37.8 Å². The summed E-state index contributed by atoms with van der Waals surface area (Å²) in [4.78, 5) is 11.0. The molecule has 65 valence electrons. The van der Waals surface area contributed by atoms with E-state index in [1.54, 1.807) is 0 Å². The summed E-state index contributed by atoms with van der Waals surface area (Å²) in [5, 5.41) is 2.80. The number of halogens is 2. The second-order valence-electron chi connectivity index (χ2n) is 3.24. The van der Waals surface area contributed by atoms with Gasteiger partial charge in [0.05, 0.1) is 10.2 Å². The van der Waals surface area contributed by atoms with E-state index in [2.05, 4.69) is 37.2 Å². The van der Waals surface area contributed by atoms with Crippen LogP contribution in [0.1, 0.15) is 20.8 Å². The minimum Gasteiger partial charge on any atom is -0.351 e. The summed E-state index contributed by atoms with van der Waals surface area (Å²) in [7, 11) is 0. The van der Waals surface area contributed by atoms with E-state index in [-0.39, 0.29) is 15.2 Å². The second-order valence-corrected chi connectivity index (χ2v) is 6.44. The molecule has 0 saturated heterocycles. The largest absolute Gasteiger partial charge is 0.351 e. The fourth-order valence-electron chi connectivity index (χ4n) is 0.526. The summed E-state index contributed by atoms with van der Waals surface area (Å²) in [5.41, 5.74) is -0.164. The van der Waals surface area contributed by atoms with Crippen molar-refractivity contribution in [2.24, 2.45) is 0 Å². The fourth-order valence-corrected chi connectivity index (χ4v) is 1.01. The molecule has 0 aromatic carbocycles. The van der Waals surface area contributed by atoms with Crippen LogP contribution in [0.5, 0.6) is 0 Å². The standard InChI is InChI=1S/C7H12Br2NO/c1-7(2,3)10-6(11)4-5(8)9/h4-5H,1-3H3,(H,10,11). The van der Waals surface area contributed by atoms with Crippen molar-refractivity contribution in [3.05, 3.63) is 6.42 Å². The number of hydrogen-bond acceptors (Lipinski definition) is 1. The van der Waals surface area contributed by atoms with Gasteiger partial charge in [-0.3, -0.25) is 4.79 Å². The molecule has 0 spiro atoms. The number of nitrogens with one attached hydrogen (secondary N) is 1. The van der Waals surface area contributed by atoms with Crippen LogP contribution in [0.2, 0.25) is 0 Å². The van der Waals surface area contributed by atoms with Gasteiger partial charge in [-0.15, -0.1) is 0 Å². The van der Waals surface area contributed by atoms with E-state index in [9.17, 15) is 4.79 Å². The lowest BCUT2D eigenvalue weighted by Crippen LogP contribution is -2.41. The summed E-state index contributed by atoms with van der Waals surface area (Å²) >= 11 is 6.37. The van der Waals surface area contributed by atoms with E-state index < -0.39 is 0 Å². The Morgan fingerprint density at radius 3 is 2.18 bits per heavy atom. The van der Waals surface area contributed by atoms with E-state index in [0.717, 1.165) is 0 Å². The molecule has 11 heavy (non-hydrogen) atoms. The monoisotopic (exact) mass is 284 g/mol. The Bertz CT molecular complexity index is 140. The van der Waals surface area contributed by atoms with Gasteiger partial charge in [0, 0.05) is 5.54 Å². The number of rotatable bonds is 2. The predicted molar refractivity (Wildman–Crippen MR) is 53.8 cm³/mol. The maximum atomic E-state index is 11.0. The van der Waals surface area contributed by atoms with Crippen molar-refractivity contribution < 1.29 is 4.79 Å². The molecule has 1 N–H and O–H groups in total. The molecule has 0 atom stereocenters. The zero-order valence-corrected chi connectivity index (χ0v) is 9.99. The Morgan fingerprint density at radius 2 is 1.91 bits per heavy atom. The first-order valence-corrected chi connectivity index (χ1v) is 5.09. The number of hydrogen-bond donors (Lipinski definition) is 1. The van der Waals surface area contributed by atoms with E-state index in [1.165, 1.54) is 6.42 Å². The molecule has 0 aromatic heterocycles. The lowest BCUT2D eigenvalue weighted by molar-refractivity contribution is -0.119. The van der Waals surface area contributed by atoms with Crippen molar-refractivity contribution in [2.45, 2.75) is 30.0 Å². The van der Waals surface area contributed by atoms with Crippen LogP contribution in [0.15, 0.2) is 0 Å². The Labute approximate surface area is 84.4 Å². The average molecular weight is 286 g/mol. The molecule has 0 aromatic rings. The minimum atomic E-state index is -0.164. The van der Waals surface area contributed by atoms with Crippen LogP contribution in [-0.4, -0.2) is 15.2 Å². The van der Waals surface area contributed by atoms with Crippen molar-refractivity contribution in [1.29, 1.82) is 0 Å². The summed E-state index contributed by atoms with van der Waals surface area (Å²) in [5.74, 6) is -0.0729. The van der Waals surface area contributed by atoms with Crippen molar-refractivity contribution in [1.82, 2.24) is 5.32 Å². The van der Waals surface area contributed by atoms with Gasteiger partial charge in [0.2, 0.25) is 5.91 Å². The summed E-state index contributed by atoms with van der Waals surface area (Å²) < 4.78 is -0.0580. The van der Waals surface area contributed by atoms with Crippen LogP contribution < -0.4 is 5.32 Å². The average Bonchev–Trinajstić information content (AvgIpc) is 1.53. The summed E-state index contributed by atoms with van der Waals surface area (Å²) in [6.45, 7) is 5.82. The molecule has 0 saturated carbocycles. The molecule has 0 heterocycles. The highest BCUT2D eigenvalue weighted by atomic mass is 79.9. The smallest absolute Gasteiger partial charge is 0.226 e. The molecule has 4 heteroatoms. The van der Waals surface area contributed by atoms with Crippen LogP contribution in [0.4, 0.5) is 0 Å². The third kappa shape index (κ3) is 8.34. The van der Waals surface area contributed by atoms with Crippen molar-refractivity contribution in [3.8, 4) is 0 Å². The first-order chi connectivity index (χ1) is 4.81. The SMILES string of the molecule is CC(C)(C)NC(=O)[CH]C(Br)Br. The second kappa shape index (κ2) is 4.45. The first kappa shape index (κ1) is 11.4. The molecule has 0 bridgehead atoms. The van der Waals surface area contributed by atoms with E-state index in [4.69, 9.17) is 0 Å². The normalized spacial score (nSPS) is 11.8. The molecule has 1 amide bonds. The van der Waals surface area contributed by atoms with Crippen LogP contribution in [0, 0.1) is 6.42 Å². The van der Waals surface area contributed by atoms with Crippen LogP contribution in [0.3, 0.4) is 0 Å². The van der Waals surface area contributed by atoms with E-state index in [0.29, 0.717) is 0 Å². The Hall–Kier alpha value is 0.430. The number of amides is 1. The summed E-state index contributed by atoms with van der Waals surface area (Å²) in [6.07, 6.45) is 1.52. The molecule has 1 radical (unpaired) electrons.